The first kappa shape index (κ1) is 18.1. The van der Waals surface area contributed by atoms with Gasteiger partial charge in [-0.05, 0) is 24.6 Å². The third kappa shape index (κ3) is 3.98. The molecule has 0 fully saturated rings. The zero-order chi connectivity index (χ0) is 17.1. The lowest BCUT2D eigenvalue weighted by Gasteiger charge is -2.08. The van der Waals surface area contributed by atoms with Gasteiger partial charge in [-0.1, -0.05) is 46.9 Å². The van der Waals surface area contributed by atoms with E-state index in [4.69, 9.17) is 39.5 Å². The molecule has 1 aromatic carbocycles. The first-order valence-electron chi connectivity index (χ1n) is 6.41. The standard InChI is InChI=1S/C15H12Cl3NO3S/c1-7-10(8-4-3-5-9(16)6-8)11(15(21)22-2)14(23-7)19-13(20)12(17)18/h3-6,12H,1-2H3,(H,19,20). The average Bonchev–Trinajstić information content (AvgIpc) is 2.82. The molecular formula is C15H12Cl3NO3S. The van der Waals surface area contributed by atoms with Gasteiger partial charge >= 0.3 is 5.97 Å². The molecule has 4 nitrogen and oxygen atoms in total. The van der Waals surface area contributed by atoms with Crippen LogP contribution in [0, 0.1) is 6.92 Å². The van der Waals surface area contributed by atoms with Gasteiger partial charge in [-0.3, -0.25) is 4.79 Å². The number of benzene rings is 1. The molecule has 0 unspecified atom stereocenters. The highest BCUT2D eigenvalue weighted by atomic mass is 35.5. The second-order valence-electron chi connectivity index (χ2n) is 4.53. The van der Waals surface area contributed by atoms with Crippen molar-refractivity contribution in [3.8, 4) is 11.1 Å². The molecule has 23 heavy (non-hydrogen) atoms. The van der Waals surface area contributed by atoms with Crippen LogP contribution in [0.3, 0.4) is 0 Å². The van der Waals surface area contributed by atoms with Gasteiger partial charge in [-0.15, -0.1) is 11.3 Å². The molecule has 0 saturated heterocycles. The van der Waals surface area contributed by atoms with E-state index in [9.17, 15) is 9.59 Å². The molecule has 0 aliphatic heterocycles. The van der Waals surface area contributed by atoms with Crippen molar-refractivity contribution in [2.24, 2.45) is 0 Å². The van der Waals surface area contributed by atoms with Crippen LogP contribution in [0.4, 0.5) is 5.00 Å². The van der Waals surface area contributed by atoms with Crippen LogP contribution in [0.2, 0.25) is 5.02 Å². The van der Waals surface area contributed by atoms with Crippen LogP contribution in [0.15, 0.2) is 24.3 Å². The van der Waals surface area contributed by atoms with Crippen molar-refractivity contribution >= 4 is 63.0 Å². The number of anilines is 1. The fraction of sp³-hybridized carbons (Fsp3) is 0.200. The van der Waals surface area contributed by atoms with E-state index >= 15 is 0 Å². The molecule has 1 heterocycles. The van der Waals surface area contributed by atoms with Gasteiger partial charge in [0.1, 0.15) is 10.6 Å². The molecule has 0 bridgehead atoms. The molecular weight excluding hydrogens is 381 g/mol. The minimum absolute atomic E-state index is 0.250. The molecule has 1 aromatic heterocycles. The lowest BCUT2D eigenvalue weighted by Crippen LogP contribution is -2.19. The van der Waals surface area contributed by atoms with Crippen LogP contribution in [0.5, 0.6) is 0 Å². The second-order valence-corrected chi connectivity index (χ2v) is 7.29. The summed E-state index contributed by atoms with van der Waals surface area (Å²) in [6, 6.07) is 7.08. The highest BCUT2D eigenvalue weighted by Gasteiger charge is 2.26. The van der Waals surface area contributed by atoms with Gasteiger partial charge in [0.25, 0.3) is 5.91 Å². The van der Waals surface area contributed by atoms with E-state index in [1.165, 1.54) is 18.4 Å². The number of halogens is 3. The van der Waals surface area contributed by atoms with E-state index in [2.05, 4.69) is 5.32 Å². The minimum Gasteiger partial charge on any atom is -0.465 e. The van der Waals surface area contributed by atoms with Crippen molar-refractivity contribution in [2.75, 3.05) is 12.4 Å². The zero-order valence-corrected chi connectivity index (χ0v) is 15.2. The highest BCUT2D eigenvalue weighted by molar-refractivity contribution is 7.17. The first-order chi connectivity index (χ1) is 10.8. The lowest BCUT2D eigenvalue weighted by molar-refractivity contribution is -0.114. The van der Waals surface area contributed by atoms with Gasteiger partial charge in [-0.2, -0.15) is 0 Å². The fourth-order valence-corrected chi connectivity index (χ4v) is 3.45. The molecule has 2 rings (SSSR count). The van der Waals surface area contributed by atoms with Gasteiger partial charge < -0.3 is 10.1 Å². The Morgan fingerprint density at radius 2 is 2.00 bits per heavy atom. The quantitative estimate of drug-likeness (QED) is 0.594. The van der Waals surface area contributed by atoms with Crippen LogP contribution in [0.1, 0.15) is 15.2 Å². The number of carbonyl (C=O) groups is 2. The molecule has 0 radical (unpaired) electrons. The molecule has 1 N–H and O–H groups in total. The van der Waals surface area contributed by atoms with Crippen LogP contribution >= 0.6 is 46.1 Å². The monoisotopic (exact) mass is 391 g/mol. The van der Waals surface area contributed by atoms with E-state index in [0.717, 1.165) is 10.4 Å². The lowest BCUT2D eigenvalue weighted by atomic mass is 10.0. The maximum absolute atomic E-state index is 12.2. The molecule has 0 aliphatic rings. The van der Waals surface area contributed by atoms with Gasteiger partial charge in [-0.25, -0.2) is 4.79 Å². The third-order valence-electron chi connectivity index (χ3n) is 3.02. The third-order valence-corrected chi connectivity index (χ3v) is 4.67. The molecule has 0 saturated carbocycles. The molecule has 0 spiro atoms. The summed E-state index contributed by atoms with van der Waals surface area (Å²) >= 11 is 18.4. The molecule has 8 heteroatoms. The first-order valence-corrected chi connectivity index (χ1v) is 8.48. The Morgan fingerprint density at radius 1 is 1.30 bits per heavy atom. The number of hydrogen-bond acceptors (Lipinski definition) is 4. The highest BCUT2D eigenvalue weighted by Crippen LogP contribution is 2.41. The Labute approximate surface area is 152 Å². The van der Waals surface area contributed by atoms with Gasteiger partial charge in [0, 0.05) is 15.5 Å². The average molecular weight is 393 g/mol. The number of ether oxygens (including phenoxy) is 1. The van der Waals surface area contributed by atoms with Crippen molar-refractivity contribution in [1.29, 1.82) is 0 Å². The van der Waals surface area contributed by atoms with E-state index in [1.807, 2.05) is 13.0 Å². The van der Waals surface area contributed by atoms with E-state index in [0.29, 0.717) is 15.6 Å². The van der Waals surface area contributed by atoms with Crippen molar-refractivity contribution in [3.63, 3.8) is 0 Å². The number of amides is 1. The number of rotatable bonds is 4. The van der Waals surface area contributed by atoms with Gasteiger partial charge in [0.05, 0.1) is 7.11 Å². The maximum atomic E-state index is 12.2. The minimum atomic E-state index is -1.24. The van der Waals surface area contributed by atoms with E-state index in [-0.39, 0.29) is 5.56 Å². The Morgan fingerprint density at radius 3 is 2.57 bits per heavy atom. The number of methoxy groups -OCH3 is 1. The van der Waals surface area contributed by atoms with E-state index in [1.54, 1.807) is 18.2 Å². The van der Waals surface area contributed by atoms with Crippen molar-refractivity contribution < 1.29 is 14.3 Å². The number of nitrogens with one attached hydrogen (secondary N) is 1. The van der Waals surface area contributed by atoms with Crippen LogP contribution in [0.25, 0.3) is 11.1 Å². The summed E-state index contributed by atoms with van der Waals surface area (Å²) in [6.45, 7) is 1.84. The molecule has 1 amide bonds. The molecule has 2 aromatic rings. The predicted octanol–water partition coefficient (Wildman–Crippen LogP) is 4.91. The van der Waals surface area contributed by atoms with Crippen molar-refractivity contribution in [2.45, 2.75) is 11.8 Å². The number of alkyl halides is 2. The number of hydrogen-bond donors (Lipinski definition) is 1. The van der Waals surface area contributed by atoms with E-state index < -0.39 is 16.7 Å². The zero-order valence-electron chi connectivity index (χ0n) is 12.2. The summed E-state index contributed by atoms with van der Waals surface area (Å²) in [5, 5.41) is 3.42. The summed E-state index contributed by atoms with van der Waals surface area (Å²) in [5.41, 5.74) is 1.65. The number of aryl methyl sites for hydroxylation is 1. The topological polar surface area (TPSA) is 55.4 Å². The van der Waals surface area contributed by atoms with Crippen LogP contribution in [-0.2, 0) is 9.53 Å². The number of thiophene rings is 1. The van der Waals surface area contributed by atoms with Crippen molar-refractivity contribution in [1.82, 2.24) is 0 Å². The maximum Gasteiger partial charge on any atom is 0.341 e. The Kier molecular flexibility index (Phi) is 5.92. The van der Waals surface area contributed by atoms with Crippen molar-refractivity contribution in [3.05, 3.63) is 39.7 Å². The normalized spacial score (nSPS) is 10.7. The number of esters is 1. The van der Waals surface area contributed by atoms with Crippen LogP contribution in [-0.4, -0.2) is 23.8 Å². The summed E-state index contributed by atoms with van der Waals surface area (Å²) in [6.07, 6.45) is 0. The smallest absolute Gasteiger partial charge is 0.341 e. The fourth-order valence-electron chi connectivity index (χ4n) is 2.09. The number of carbonyl (C=O) groups excluding carboxylic acids is 2. The molecule has 0 atom stereocenters. The Balaban J connectivity index is 2.60. The Bertz CT molecular complexity index is 758. The van der Waals surface area contributed by atoms with Gasteiger partial charge in [0.15, 0.2) is 4.84 Å². The Hall–Kier alpha value is -1.27. The second kappa shape index (κ2) is 7.53. The largest absolute Gasteiger partial charge is 0.465 e. The summed E-state index contributed by atoms with van der Waals surface area (Å²) in [5.74, 6) is -1.18. The van der Waals surface area contributed by atoms with Gasteiger partial charge in [0.2, 0.25) is 0 Å². The summed E-state index contributed by atoms with van der Waals surface area (Å²) in [4.78, 5) is 23.5. The molecule has 0 aliphatic carbocycles. The summed E-state index contributed by atoms with van der Waals surface area (Å²) in [7, 11) is 1.27. The molecule has 122 valence electrons. The predicted molar refractivity (Wildman–Crippen MR) is 95.0 cm³/mol. The van der Waals surface area contributed by atoms with Crippen LogP contribution < -0.4 is 5.32 Å². The SMILES string of the molecule is COC(=O)c1c(NC(=O)C(Cl)Cl)sc(C)c1-c1cccc(Cl)c1. The summed E-state index contributed by atoms with van der Waals surface area (Å²) < 4.78 is 4.84.